The highest BCUT2D eigenvalue weighted by molar-refractivity contribution is 5.89. The first-order valence-electron chi connectivity index (χ1n) is 7.00. The van der Waals surface area contributed by atoms with Gasteiger partial charge in [-0.2, -0.15) is 0 Å². The van der Waals surface area contributed by atoms with Gasteiger partial charge in [0.25, 0.3) is 0 Å². The number of carbonyl (C=O) groups excluding carboxylic acids is 1. The van der Waals surface area contributed by atoms with Crippen LogP contribution in [0.3, 0.4) is 0 Å². The lowest BCUT2D eigenvalue weighted by atomic mass is 10.1. The maximum atomic E-state index is 11.6. The van der Waals surface area contributed by atoms with E-state index in [1.807, 2.05) is 12.1 Å². The van der Waals surface area contributed by atoms with Crippen LogP contribution >= 0.6 is 0 Å². The minimum absolute atomic E-state index is 0.253. The minimum Gasteiger partial charge on any atom is -0.462 e. The minimum atomic E-state index is -0.325. The van der Waals surface area contributed by atoms with E-state index in [-0.39, 0.29) is 11.9 Å². The van der Waals surface area contributed by atoms with E-state index in [1.54, 1.807) is 23.7 Å². The van der Waals surface area contributed by atoms with Gasteiger partial charge in [0, 0.05) is 6.54 Å². The molecule has 6 heteroatoms. The standard InChI is InChI=1S/C15H20N4O2/c1-4-21-15(20)11-5-7-12(8-6-11)19-14(10(2)3)13(9-16)17-18-19/h5-8,10H,4,9,16H2,1-3H3. The number of ether oxygens (including phenoxy) is 1. The van der Waals surface area contributed by atoms with Crippen LogP contribution in [0.5, 0.6) is 0 Å². The lowest BCUT2D eigenvalue weighted by Crippen LogP contribution is -2.08. The molecule has 21 heavy (non-hydrogen) atoms. The number of nitrogens with zero attached hydrogens (tertiary/aromatic N) is 3. The van der Waals surface area contributed by atoms with E-state index in [0.29, 0.717) is 18.7 Å². The molecule has 0 aliphatic heterocycles. The van der Waals surface area contributed by atoms with Gasteiger partial charge in [0.1, 0.15) is 5.69 Å². The zero-order chi connectivity index (χ0) is 15.4. The molecular formula is C15H20N4O2. The fourth-order valence-corrected chi connectivity index (χ4v) is 2.19. The molecule has 0 atom stereocenters. The third kappa shape index (κ3) is 3.11. The van der Waals surface area contributed by atoms with Crippen molar-refractivity contribution in [2.45, 2.75) is 33.2 Å². The quantitative estimate of drug-likeness (QED) is 0.851. The largest absolute Gasteiger partial charge is 0.462 e. The normalized spacial score (nSPS) is 10.9. The Kier molecular flexibility index (Phi) is 4.70. The Labute approximate surface area is 123 Å². The second kappa shape index (κ2) is 6.49. The molecule has 6 nitrogen and oxygen atoms in total. The molecule has 1 heterocycles. The van der Waals surface area contributed by atoms with Crippen molar-refractivity contribution >= 4 is 5.97 Å². The van der Waals surface area contributed by atoms with Crippen molar-refractivity contribution in [3.05, 3.63) is 41.2 Å². The number of carbonyl (C=O) groups is 1. The van der Waals surface area contributed by atoms with E-state index in [1.165, 1.54) is 0 Å². The Bertz CT molecular complexity index is 617. The lowest BCUT2D eigenvalue weighted by molar-refractivity contribution is 0.0526. The van der Waals surface area contributed by atoms with Crippen LogP contribution in [-0.4, -0.2) is 27.6 Å². The fourth-order valence-electron chi connectivity index (χ4n) is 2.19. The van der Waals surface area contributed by atoms with Gasteiger partial charge < -0.3 is 10.5 Å². The molecule has 0 unspecified atom stereocenters. The Morgan fingerprint density at radius 1 is 1.33 bits per heavy atom. The monoisotopic (exact) mass is 288 g/mol. The second-order valence-corrected chi connectivity index (χ2v) is 4.96. The first-order chi connectivity index (χ1) is 10.1. The topological polar surface area (TPSA) is 83.0 Å². The number of nitrogens with two attached hydrogens (primary N) is 1. The average molecular weight is 288 g/mol. The van der Waals surface area contributed by atoms with Crippen molar-refractivity contribution < 1.29 is 9.53 Å². The SMILES string of the molecule is CCOC(=O)c1ccc(-n2nnc(CN)c2C(C)C)cc1. The summed E-state index contributed by atoms with van der Waals surface area (Å²) in [5, 5.41) is 8.28. The Morgan fingerprint density at radius 2 is 2.00 bits per heavy atom. The summed E-state index contributed by atoms with van der Waals surface area (Å²) in [6.45, 7) is 6.64. The van der Waals surface area contributed by atoms with Crippen molar-refractivity contribution in [2.24, 2.45) is 5.73 Å². The summed E-state index contributed by atoms with van der Waals surface area (Å²) in [5.74, 6) is -0.0716. The number of esters is 1. The van der Waals surface area contributed by atoms with Gasteiger partial charge >= 0.3 is 5.97 Å². The van der Waals surface area contributed by atoms with Crippen LogP contribution in [0.1, 0.15) is 48.4 Å². The maximum absolute atomic E-state index is 11.6. The molecule has 0 saturated heterocycles. The summed E-state index contributed by atoms with van der Waals surface area (Å²) in [6, 6.07) is 7.10. The van der Waals surface area contributed by atoms with E-state index in [4.69, 9.17) is 10.5 Å². The van der Waals surface area contributed by atoms with Crippen molar-refractivity contribution in [3.8, 4) is 5.69 Å². The highest BCUT2D eigenvalue weighted by Crippen LogP contribution is 2.21. The molecule has 1 aromatic heterocycles. The Balaban J connectivity index is 2.35. The summed E-state index contributed by atoms with van der Waals surface area (Å²) in [4.78, 5) is 11.6. The summed E-state index contributed by atoms with van der Waals surface area (Å²) in [7, 11) is 0. The van der Waals surface area contributed by atoms with E-state index < -0.39 is 0 Å². The van der Waals surface area contributed by atoms with Crippen molar-refractivity contribution in [3.63, 3.8) is 0 Å². The molecule has 0 fully saturated rings. The first-order valence-corrected chi connectivity index (χ1v) is 7.00. The second-order valence-electron chi connectivity index (χ2n) is 4.96. The number of hydrogen-bond donors (Lipinski definition) is 1. The van der Waals surface area contributed by atoms with Gasteiger partial charge in [-0.15, -0.1) is 5.10 Å². The third-order valence-electron chi connectivity index (χ3n) is 3.14. The van der Waals surface area contributed by atoms with Crippen LogP contribution in [0.25, 0.3) is 5.69 Å². The van der Waals surface area contributed by atoms with Crippen LogP contribution in [0, 0.1) is 0 Å². The van der Waals surface area contributed by atoms with Gasteiger partial charge in [0.2, 0.25) is 0 Å². The molecule has 2 aromatic rings. The lowest BCUT2D eigenvalue weighted by Gasteiger charge is -2.11. The Hall–Kier alpha value is -2.21. The molecule has 112 valence electrons. The third-order valence-corrected chi connectivity index (χ3v) is 3.14. The predicted octanol–water partition coefficient (Wildman–Crippen LogP) is 2.03. The molecule has 0 bridgehead atoms. The van der Waals surface area contributed by atoms with Crippen LogP contribution in [0.4, 0.5) is 0 Å². The first kappa shape index (κ1) is 15.2. The molecular weight excluding hydrogens is 268 g/mol. The smallest absolute Gasteiger partial charge is 0.338 e. The molecule has 2 N–H and O–H groups in total. The van der Waals surface area contributed by atoms with Crippen LogP contribution in [0.2, 0.25) is 0 Å². The highest BCUT2D eigenvalue weighted by Gasteiger charge is 2.16. The zero-order valence-corrected chi connectivity index (χ0v) is 12.5. The zero-order valence-electron chi connectivity index (χ0n) is 12.5. The molecule has 0 radical (unpaired) electrons. The van der Waals surface area contributed by atoms with E-state index >= 15 is 0 Å². The van der Waals surface area contributed by atoms with Crippen LogP contribution in [-0.2, 0) is 11.3 Å². The molecule has 0 aliphatic carbocycles. The van der Waals surface area contributed by atoms with Gasteiger partial charge in [0.15, 0.2) is 0 Å². The average Bonchev–Trinajstić information content (AvgIpc) is 2.91. The molecule has 0 saturated carbocycles. The summed E-state index contributed by atoms with van der Waals surface area (Å²) >= 11 is 0. The van der Waals surface area contributed by atoms with Crippen molar-refractivity contribution in [1.29, 1.82) is 0 Å². The predicted molar refractivity (Wildman–Crippen MR) is 79.3 cm³/mol. The molecule has 0 amide bonds. The van der Waals surface area contributed by atoms with Gasteiger partial charge in [0.05, 0.1) is 23.6 Å². The van der Waals surface area contributed by atoms with E-state index in [0.717, 1.165) is 17.1 Å². The number of aromatic nitrogens is 3. The highest BCUT2D eigenvalue weighted by atomic mass is 16.5. The maximum Gasteiger partial charge on any atom is 0.338 e. The molecule has 1 aromatic carbocycles. The number of benzene rings is 1. The van der Waals surface area contributed by atoms with Gasteiger partial charge in [-0.3, -0.25) is 0 Å². The van der Waals surface area contributed by atoms with Crippen molar-refractivity contribution in [1.82, 2.24) is 15.0 Å². The molecule has 0 aliphatic rings. The molecule has 0 spiro atoms. The Morgan fingerprint density at radius 3 is 2.52 bits per heavy atom. The van der Waals surface area contributed by atoms with Crippen LogP contribution < -0.4 is 5.73 Å². The van der Waals surface area contributed by atoms with Crippen LogP contribution in [0.15, 0.2) is 24.3 Å². The number of rotatable bonds is 5. The van der Waals surface area contributed by atoms with Crippen molar-refractivity contribution in [2.75, 3.05) is 6.61 Å². The summed E-state index contributed by atoms with van der Waals surface area (Å²) < 4.78 is 6.73. The van der Waals surface area contributed by atoms with Gasteiger partial charge in [-0.05, 0) is 37.1 Å². The van der Waals surface area contributed by atoms with E-state index in [2.05, 4.69) is 24.2 Å². The molecule has 2 rings (SSSR count). The van der Waals surface area contributed by atoms with E-state index in [9.17, 15) is 4.79 Å². The summed E-state index contributed by atoms with van der Waals surface area (Å²) in [6.07, 6.45) is 0. The van der Waals surface area contributed by atoms with Gasteiger partial charge in [-0.1, -0.05) is 19.1 Å². The summed E-state index contributed by atoms with van der Waals surface area (Å²) in [5.41, 5.74) is 8.84. The van der Waals surface area contributed by atoms with Gasteiger partial charge in [-0.25, -0.2) is 9.48 Å². The number of hydrogen-bond acceptors (Lipinski definition) is 5. The fraction of sp³-hybridized carbons (Fsp3) is 0.400.